The Morgan fingerprint density at radius 1 is 1.38 bits per heavy atom. The highest BCUT2D eigenvalue weighted by Crippen LogP contribution is 2.24. The predicted molar refractivity (Wildman–Crippen MR) is 103 cm³/mol. The fourth-order valence-electron chi connectivity index (χ4n) is 3.87. The Balaban J connectivity index is 2.12. The summed E-state index contributed by atoms with van der Waals surface area (Å²) in [5.74, 6) is 1.79. The third kappa shape index (κ3) is 4.37. The first-order valence-corrected chi connectivity index (χ1v) is 9.44. The van der Waals surface area contributed by atoms with Gasteiger partial charge in [-0.1, -0.05) is 5.16 Å². The topological polar surface area (TPSA) is 74.0 Å². The third-order valence-corrected chi connectivity index (χ3v) is 4.78. The number of amides is 1. The fourth-order valence-corrected chi connectivity index (χ4v) is 3.87. The first kappa shape index (κ1) is 20.3. The van der Waals surface area contributed by atoms with Crippen LogP contribution in [0.15, 0.2) is 9.52 Å². The van der Waals surface area contributed by atoms with E-state index in [0.29, 0.717) is 13.1 Å². The Hall–Kier alpha value is -2.05. The molecule has 7 nitrogen and oxygen atoms in total. The molecule has 0 atom stereocenters. The van der Waals surface area contributed by atoms with Crippen molar-refractivity contribution in [1.82, 2.24) is 20.3 Å². The number of hydrogen-bond acceptors (Lipinski definition) is 4. The SMILES string of the molecule is CCNC(=NCCc1c(C)noc1C)N1CC(=O)N(C(C)C)C(C)(C)C1. The summed E-state index contributed by atoms with van der Waals surface area (Å²) in [5.41, 5.74) is 1.80. The van der Waals surface area contributed by atoms with Gasteiger partial charge in [0.25, 0.3) is 0 Å². The monoisotopic (exact) mass is 363 g/mol. The van der Waals surface area contributed by atoms with Gasteiger partial charge in [0, 0.05) is 31.2 Å². The van der Waals surface area contributed by atoms with Gasteiger partial charge in [0.05, 0.1) is 17.8 Å². The minimum Gasteiger partial charge on any atom is -0.361 e. The van der Waals surface area contributed by atoms with E-state index in [1.165, 1.54) is 0 Å². The maximum Gasteiger partial charge on any atom is 0.242 e. The van der Waals surface area contributed by atoms with Crippen molar-refractivity contribution in [2.45, 2.75) is 66.5 Å². The van der Waals surface area contributed by atoms with Crippen LogP contribution in [0.2, 0.25) is 0 Å². The summed E-state index contributed by atoms with van der Waals surface area (Å²) in [6.07, 6.45) is 0.777. The highest BCUT2D eigenvalue weighted by Gasteiger charge is 2.40. The fraction of sp³-hybridized carbons (Fsp3) is 0.737. The predicted octanol–water partition coefficient (Wildman–Crippen LogP) is 2.13. The maximum atomic E-state index is 12.7. The highest BCUT2D eigenvalue weighted by atomic mass is 16.5. The van der Waals surface area contributed by atoms with Crippen molar-refractivity contribution < 1.29 is 9.32 Å². The van der Waals surface area contributed by atoms with Crippen LogP contribution in [0.3, 0.4) is 0 Å². The van der Waals surface area contributed by atoms with Crippen molar-refractivity contribution in [2.24, 2.45) is 4.99 Å². The molecule has 2 heterocycles. The quantitative estimate of drug-likeness (QED) is 0.641. The molecule has 1 fully saturated rings. The average molecular weight is 364 g/mol. The minimum atomic E-state index is -0.235. The van der Waals surface area contributed by atoms with Crippen LogP contribution in [0.25, 0.3) is 0 Å². The van der Waals surface area contributed by atoms with Gasteiger partial charge in [0.15, 0.2) is 5.96 Å². The lowest BCUT2D eigenvalue weighted by atomic mass is 9.96. The molecule has 7 heteroatoms. The van der Waals surface area contributed by atoms with Crippen LogP contribution in [0, 0.1) is 13.8 Å². The van der Waals surface area contributed by atoms with Gasteiger partial charge < -0.3 is 19.6 Å². The van der Waals surface area contributed by atoms with Crippen molar-refractivity contribution in [3.05, 3.63) is 17.0 Å². The van der Waals surface area contributed by atoms with Crippen LogP contribution in [0.4, 0.5) is 0 Å². The van der Waals surface area contributed by atoms with Gasteiger partial charge in [0.1, 0.15) is 5.76 Å². The molecular weight excluding hydrogens is 330 g/mol. The zero-order chi connectivity index (χ0) is 19.5. The van der Waals surface area contributed by atoms with Gasteiger partial charge in [-0.25, -0.2) is 0 Å². The number of nitrogens with zero attached hydrogens (tertiary/aromatic N) is 4. The van der Waals surface area contributed by atoms with E-state index in [2.05, 4.69) is 43.1 Å². The van der Waals surface area contributed by atoms with Crippen molar-refractivity contribution in [2.75, 3.05) is 26.2 Å². The van der Waals surface area contributed by atoms with E-state index in [9.17, 15) is 4.79 Å². The molecule has 26 heavy (non-hydrogen) atoms. The van der Waals surface area contributed by atoms with Gasteiger partial charge in [-0.15, -0.1) is 0 Å². The number of aliphatic imine (C=N–C) groups is 1. The number of aryl methyl sites for hydroxylation is 2. The lowest BCUT2D eigenvalue weighted by molar-refractivity contribution is -0.145. The van der Waals surface area contributed by atoms with Gasteiger partial charge in [0.2, 0.25) is 5.91 Å². The van der Waals surface area contributed by atoms with E-state index in [-0.39, 0.29) is 17.5 Å². The van der Waals surface area contributed by atoms with E-state index >= 15 is 0 Å². The van der Waals surface area contributed by atoms with Crippen LogP contribution in [-0.2, 0) is 11.2 Å². The summed E-state index contributed by atoms with van der Waals surface area (Å²) in [5, 5.41) is 7.32. The molecule has 0 bridgehead atoms. The minimum absolute atomic E-state index is 0.146. The second kappa shape index (κ2) is 8.10. The average Bonchev–Trinajstić information content (AvgIpc) is 2.83. The van der Waals surface area contributed by atoms with Crippen LogP contribution < -0.4 is 5.32 Å². The molecule has 0 spiro atoms. The zero-order valence-corrected chi connectivity index (χ0v) is 17.2. The highest BCUT2D eigenvalue weighted by molar-refractivity contribution is 5.88. The van der Waals surface area contributed by atoms with Crippen LogP contribution in [-0.4, -0.2) is 64.6 Å². The Morgan fingerprint density at radius 2 is 2.08 bits per heavy atom. The Kier molecular flexibility index (Phi) is 6.31. The van der Waals surface area contributed by atoms with Crippen molar-refractivity contribution >= 4 is 11.9 Å². The van der Waals surface area contributed by atoms with E-state index in [1.54, 1.807) is 0 Å². The molecule has 1 aliphatic rings. The number of piperazine rings is 1. The Morgan fingerprint density at radius 3 is 2.58 bits per heavy atom. The third-order valence-electron chi connectivity index (χ3n) is 4.78. The summed E-state index contributed by atoms with van der Waals surface area (Å²) in [7, 11) is 0. The van der Waals surface area contributed by atoms with Gasteiger partial charge in [-0.2, -0.15) is 0 Å². The molecule has 1 amide bonds. The van der Waals surface area contributed by atoms with Crippen molar-refractivity contribution in [3.8, 4) is 0 Å². The largest absolute Gasteiger partial charge is 0.361 e. The number of carbonyl (C=O) groups is 1. The van der Waals surface area contributed by atoms with Crippen LogP contribution in [0.1, 0.15) is 51.6 Å². The molecule has 0 radical (unpaired) electrons. The standard InChI is InChI=1S/C19H33N5O2/c1-8-20-18(21-10-9-16-14(4)22-26-15(16)5)23-11-17(25)24(13(2)3)19(6,7)12-23/h13H,8-12H2,1-7H3,(H,20,21). The molecule has 2 rings (SSSR count). The lowest BCUT2D eigenvalue weighted by Crippen LogP contribution is -2.66. The molecule has 0 aromatic carbocycles. The smallest absolute Gasteiger partial charge is 0.242 e. The van der Waals surface area contributed by atoms with E-state index in [1.807, 2.05) is 25.7 Å². The second-order valence-corrected chi connectivity index (χ2v) is 7.81. The van der Waals surface area contributed by atoms with Gasteiger partial charge in [-0.3, -0.25) is 9.79 Å². The molecule has 1 aromatic heterocycles. The molecule has 146 valence electrons. The molecule has 1 N–H and O–H groups in total. The maximum absolute atomic E-state index is 12.7. The lowest BCUT2D eigenvalue weighted by Gasteiger charge is -2.49. The molecule has 0 saturated carbocycles. The number of aromatic nitrogens is 1. The van der Waals surface area contributed by atoms with Crippen molar-refractivity contribution in [3.63, 3.8) is 0 Å². The normalized spacial score (nSPS) is 18.0. The first-order valence-electron chi connectivity index (χ1n) is 9.44. The number of rotatable bonds is 5. The molecular formula is C19H33N5O2. The van der Waals surface area contributed by atoms with E-state index < -0.39 is 0 Å². The molecule has 1 saturated heterocycles. The van der Waals surface area contributed by atoms with Gasteiger partial charge >= 0.3 is 0 Å². The number of nitrogens with one attached hydrogen (secondary N) is 1. The Bertz CT molecular complexity index is 643. The van der Waals surface area contributed by atoms with E-state index in [4.69, 9.17) is 9.52 Å². The summed E-state index contributed by atoms with van der Waals surface area (Å²) in [4.78, 5) is 21.5. The summed E-state index contributed by atoms with van der Waals surface area (Å²) < 4.78 is 5.22. The number of hydrogen-bond donors (Lipinski definition) is 1. The number of carbonyl (C=O) groups excluding carboxylic acids is 1. The molecule has 1 aliphatic heterocycles. The van der Waals surface area contributed by atoms with Crippen LogP contribution >= 0.6 is 0 Å². The summed E-state index contributed by atoms with van der Waals surface area (Å²) >= 11 is 0. The summed E-state index contributed by atoms with van der Waals surface area (Å²) in [6.45, 7) is 16.8. The molecule has 0 unspecified atom stereocenters. The van der Waals surface area contributed by atoms with E-state index in [0.717, 1.165) is 42.5 Å². The number of guanidine groups is 1. The summed E-state index contributed by atoms with van der Waals surface area (Å²) in [6, 6.07) is 0.193. The first-order chi connectivity index (χ1) is 12.2. The van der Waals surface area contributed by atoms with Gasteiger partial charge in [-0.05, 0) is 54.9 Å². The zero-order valence-electron chi connectivity index (χ0n) is 17.2. The molecule has 1 aromatic rings. The second-order valence-electron chi connectivity index (χ2n) is 7.81. The Labute approximate surface area is 156 Å². The van der Waals surface area contributed by atoms with Crippen molar-refractivity contribution in [1.29, 1.82) is 0 Å². The molecule has 0 aliphatic carbocycles. The van der Waals surface area contributed by atoms with Crippen LogP contribution in [0.5, 0.6) is 0 Å².